The lowest BCUT2D eigenvalue weighted by molar-refractivity contribution is -0.132. The first-order valence-electron chi connectivity index (χ1n) is 7.11. The van der Waals surface area contributed by atoms with Crippen molar-refractivity contribution in [1.29, 1.82) is 0 Å². The van der Waals surface area contributed by atoms with Crippen LogP contribution in [-0.4, -0.2) is 28.9 Å². The highest BCUT2D eigenvalue weighted by Gasteiger charge is 2.21. The summed E-state index contributed by atoms with van der Waals surface area (Å²) in [6.45, 7) is 4.38. The number of nitrogens with two attached hydrogens (primary N) is 1. The predicted molar refractivity (Wildman–Crippen MR) is 75.4 cm³/mol. The SMILES string of the molecule is CC(CCN)CCC(=O)N1CCc2ncccc2C1. The van der Waals surface area contributed by atoms with E-state index in [0.717, 1.165) is 31.5 Å². The number of hydrogen-bond acceptors (Lipinski definition) is 3. The Kier molecular flexibility index (Phi) is 4.91. The first kappa shape index (κ1) is 14.0. The van der Waals surface area contributed by atoms with Gasteiger partial charge in [0.05, 0.1) is 0 Å². The van der Waals surface area contributed by atoms with Gasteiger partial charge in [-0.3, -0.25) is 9.78 Å². The van der Waals surface area contributed by atoms with Crippen LogP contribution in [0, 0.1) is 5.92 Å². The first-order chi connectivity index (χ1) is 9.20. The van der Waals surface area contributed by atoms with Crippen LogP contribution in [0.15, 0.2) is 18.3 Å². The van der Waals surface area contributed by atoms with Crippen LogP contribution >= 0.6 is 0 Å². The fourth-order valence-electron chi connectivity index (χ4n) is 2.54. The molecule has 1 atom stereocenters. The molecule has 0 fully saturated rings. The van der Waals surface area contributed by atoms with Crippen LogP contribution in [0.2, 0.25) is 0 Å². The summed E-state index contributed by atoms with van der Waals surface area (Å²) in [6, 6.07) is 4.01. The molecular weight excluding hydrogens is 238 g/mol. The molecule has 104 valence electrons. The van der Waals surface area contributed by atoms with Gasteiger partial charge in [-0.15, -0.1) is 0 Å². The van der Waals surface area contributed by atoms with Crippen LogP contribution in [0.3, 0.4) is 0 Å². The quantitative estimate of drug-likeness (QED) is 0.878. The number of rotatable bonds is 5. The second kappa shape index (κ2) is 6.66. The Morgan fingerprint density at radius 1 is 1.53 bits per heavy atom. The Labute approximate surface area is 115 Å². The fourth-order valence-corrected chi connectivity index (χ4v) is 2.54. The molecule has 0 aromatic carbocycles. The van der Waals surface area contributed by atoms with Crippen LogP contribution in [-0.2, 0) is 17.8 Å². The molecule has 1 aliphatic heterocycles. The molecule has 1 amide bonds. The summed E-state index contributed by atoms with van der Waals surface area (Å²) in [6.07, 6.45) is 5.27. The van der Waals surface area contributed by atoms with Gasteiger partial charge in [0.2, 0.25) is 5.91 Å². The smallest absolute Gasteiger partial charge is 0.222 e. The summed E-state index contributed by atoms with van der Waals surface area (Å²) in [7, 11) is 0. The van der Waals surface area contributed by atoms with Crippen molar-refractivity contribution < 1.29 is 4.79 Å². The van der Waals surface area contributed by atoms with E-state index in [1.165, 1.54) is 5.56 Å². The fraction of sp³-hybridized carbons (Fsp3) is 0.600. The summed E-state index contributed by atoms with van der Waals surface area (Å²) >= 11 is 0. The van der Waals surface area contributed by atoms with Gasteiger partial charge in [-0.05, 0) is 36.9 Å². The minimum Gasteiger partial charge on any atom is -0.338 e. The lowest BCUT2D eigenvalue weighted by Crippen LogP contribution is -2.36. The van der Waals surface area contributed by atoms with Gasteiger partial charge < -0.3 is 10.6 Å². The molecule has 4 heteroatoms. The van der Waals surface area contributed by atoms with Crippen LogP contribution in [0.25, 0.3) is 0 Å². The molecule has 1 aliphatic rings. The van der Waals surface area contributed by atoms with Crippen LogP contribution in [0.1, 0.15) is 37.4 Å². The molecule has 1 aromatic heterocycles. The minimum atomic E-state index is 0.262. The molecule has 2 N–H and O–H groups in total. The summed E-state index contributed by atoms with van der Waals surface area (Å²) in [5.41, 5.74) is 7.86. The van der Waals surface area contributed by atoms with E-state index in [1.807, 2.05) is 17.2 Å². The molecule has 19 heavy (non-hydrogen) atoms. The Morgan fingerprint density at radius 2 is 2.37 bits per heavy atom. The zero-order chi connectivity index (χ0) is 13.7. The van der Waals surface area contributed by atoms with Gasteiger partial charge in [0.1, 0.15) is 0 Å². The highest BCUT2D eigenvalue weighted by Crippen LogP contribution is 2.18. The molecule has 1 unspecified atom stereocenters. The Balaban J connectivity index is 1.85. The van der Waals surface area contributed by atoms with E-state index in [0.29, 0.717) is 25.4 Å². The van der Waals surface area contributed by atoms with Crippen molar-refractivity contribution in [3.63, 3.8) is 0 Å². The third-order valence-electron chi connectivity index (χ3n) is 3.83. The summed E-state index contributed by atoms with van der Waals surface area (Å²) in [4.78, 5) is 18.5. The standard InChI is InChI=1S/C15H23N3O/c1-12(6-8-16)4-5-15(19)18-10-7-14-13(11-18)3-2-9-17-14/h2-3,9,12H,4-8,10-11,16H2,1H3. The lowest BCUT2D eigenvalue weighted by Gasteiger charge is -2.28. The van der Waals surface area contributed by atoms with Gasteiger partial charge in [0.15, 0.2) is 0 Å². The topological polar surface area (TPSA) is 59.2 Å². The molecule has 0 saturated heterocycles. The molecule has 0 radical (unpaired) electrons. The molecule has 4 nitrogen and oxygen atoms in total. The van der Waals surface area contributed by atoms with Crippen molar-refractivity contribution >= 4 is 5.91 Å². The number of nitrogens with zero attached hydrogens (tertiary/aromatic N) is 2. The Hall–Kier alpha value is -1.42. The maximum Gasteiger partial charge on any atom is 0.222 e. The highest BCUT2D eigenvalue weighted by molar-refractivity contribution is 5.76. The molecule has 2 heterocycles. The summed E-state index contributed by atoms with van der Waals surface area (Å²) < 4.78 is 0. The van der Waals surface area contributed by atoms with Crippen molar-refractivity contribution in [2.45, 2.75) is 39.2 Å². The second-order valence-corrected chi connectivity index (χ2v) is 5.40. The van der Waals surface area contributed by atoms with Gasteiger partial charge >= 0.3 is 0 Å². The van der Waals surface area contributed by atoms with Crippen molar-refractivity contribution in [2.24, 2.45) is 11.7 Å². The van der Waals surface area contributed by atoms with Crippen molar-refractivity contribution in [3.8, 4) is 0 Å². The maximum atomic E-state index is 12.2. The normalized spacial score (nSPS) is 16.0. The van der Waals surface area contributed by atoms with Crippen LogP contribution < -0.4 is 5.73 Å². The van der Waals surface area contributed by atoms with E-state index in [4.69, 9.17) is 5.73 Å². The Bertz CT molecular complexity index is 433. The van der Waals surface area contributed by atoms with E-state index >= 15 is 0 Å². The van der Waals surface area contributed by atoms with E-state index in [9.17, 15) is 4.79 Å². The van der Waals surface area contributed by atoms with E-state index < -0.39 is 0 Å². The maximum absolute atomic E-state index is 12.2. The monoisotopic (exact) mass is 261 g/mol. The van der Waals surface area contributed by atoms with Gasteiger partial charge in [0, 0.05) is 37.8 Å². The molecule has 0 bridgehead atoms. The first-order valence-corrected chi connectivity index (χ1v) is 7.11. The van der Waals surface area contributed by atoms with Crippen LogP contribution in [0.5, 0.6) is 0 Å². The summed E-state index contributed by atoms with van der Waals surface area (Å²) in [5.74, 6) is 0.797. The number of pyridine rings is 1. The Morgan fingerprint density at radius 3 is 3.16 bits per heavy atom. The van der Waals surface area contributed by atoms with Crippen LogP contribution in [0.4, 0.5) is 0 Å². The minimum absolute atomic E-state index is 0.262. The number of carbonyl (C=O) groups excluding carboxylic acids is 1. The highest BCUT2D eigenvalue weighted by atomic mass is 16.2. The van der Waals surface area contributed by atoms with E-state index in [1.54, 1.807) is 0 Å². The van der Waals surface area contributed by atoms with Gasteiger partial charge in [-0.25, -0.2) is 0 Å². The number of aromatic nitrogens is 1. The number of fused-ring (bicyclic) bond motifs is 1. The number of amides is 1. The number of carbonyl (C=O) groups is 1. The zero-order valence-electron chi connectivity index (χ0n) is 11.6. The second-order valence-electron chi connectivity index (χ2n) is 5.40. The average molecular weight is 261 g/mol. The molecule has 0 spiro atoms. The third-order valence-corrected chi connectivity index (χ3v) is 3.83. The van der Waals surface area contributed by atoms with Gasteiger partial charge in [0.25, 0.3) is 0 Å². The predicted octanol–water partition coefficient (Wildman–Crippen LogP) is 1.73. The third kappa shape index (κ3) is 3.77. The van der Waals surface area contributed by atoms with E-state index in [-0.39, 0.29) is 5.91 Å². The zero-order valence-corrected chi connectivity index (χ0v) is 11.6. The molecule has 0 saturated carbocycles. The largest absolute Gasteiger partial charge is 0.338 e. The molecule has 0 aliphatic carbocycles. The number of hydrogen-bond donors (Lipinski definition) is 1. The van der Waals surface area contributed by atoms with Gasteiger partial charge in [-0.2, -0.15) is 0 Å². The molecule has 2 rings (SSSR count). The van der Waals surface area contributed by atoms with Crippen molar-refractivity contribution in [1.82, 2.24) is 9.88 Å². The molecule has 1 aromatic rings. The van der Waals surface area contributed by atoms with Crippen molar-refractivity contribution in [2.75, 3.05) is 13.1 Å². The summed E-state index contributed by atoms with van der Waals surface area (Å²) in [5, 5.41) is 0. The molecular formula is C15H23N3O. The van der Waals surface area contributed by atoms with E-state index in [2.05, 4.69) is 18.0 Å². The average Bonchev–Trinajstić information content (AvgIpc) is 2.44. The lowest BCUT2D eigenvalue weighted by atomic mass is 10.0. The van der Waals surface area contributed by atoms with Gasteiger partial charge in [-0.1, -0.05) is 13.0 Å². The van der Waals surface area contributed by atoms with Crippen molar-refractivity contribution in [3.05, 3.63) is 29.6 Å².